The molecule has 2 heterocycles. The molecule has 5 nitrogen and oxygen atoms in total. The minimum atomic E-state index is -0.565. The Morgan fingerprint density at radius 2 is 1.83 bits per heavy atom. The summed E-state index contributed by atoms with van der Waals surface area (Å²) in [5.41, 5.74) is 0.301. The largest absolute Gasteiger partial charge is 0.314 e. The Bertz CT molecular complexity index is 360. The van der Waals surface area contributed by atoms with E-state index in [4.69, 9.17) is 0 Å². The number of pyridine rings is 1. The molecule has 58 valence electrons. The van der Waals surface area contributed by atoms with Gasteiger partial charge in [0.05, 0.1) is 5.56 Å². The molecule has 0 atom stereocenters. The first-order valence-corrected chi connectivity index (χ1v) is 3.24. The number of nitrogens with zero attached hydrogens (tertiary/aromatic N) is 3. The second-order valence-electron chi connectivity index (χ2n) is 2.21. The number of carbonyl (C=O) groups is 2. The predicted molar refractivity (Wildman–Crippen MR) is 37.8 cm³/mol. The lowest BCUT2D eigenvalue weighted by molar-refractivity contribution is 0.0916. The molecule has 2 rings (SSSR count). The lowest BCUT2D eigenvalue weighted by Crippen LogP contribution is -2.12. The minimum absolute atomic E-state index is 0.0810. The van der Waals surface area contributed by atoms with Crippen molar-refractivity contribution in [3.63, 3.8) is 0 Å². The summed E-state index contributed by atoms with van der Waals surface area (Å²) in [6.07, 6.45) is 1.44. The van der Waals surface area contributed by atoms with Gasteiger partial charge in [-0.15, -0.1) is 10.2 Å². The van der Waals surface area contributed by atoms with Gasteiger partial charge in [-0.05, 0) is 12.1 Å². The first kappa shape index (κ1) is 6.78. The van der Waals surface area contributed by atoms with E-state index in [9.17, 15) is 9.59 Å². The molecule has 0 N–H and O–H groups in total. The normalized spacial score (nSPS) is 14.7. The van der Waals surface area contributed by atoms with E-state index >= 15 is 0 Å². The van der Waals surface area contributed by atoms with E-state index < -0.39 is 11.8 Å². The lowest BCUT2D eigenvalue weighted by atomic mass is 10.1. The highest BCUT2D eigenvalue weighted by Crippen LogP contribution is 2.13. The van der Waals surface area contributed by atoms with Crippen LogP contribution < -0.4 is 0 Å². The zero-order valence-corrected chi connectivity index (χ0v) is 5.89. The summed E-state index contributed by atoms with van der Waals surface area (Å²) in [5.74, 6) is -1.08. The van der Waals surface area contributed by atoms with Crippen LogP contribution in [-0.4, -0.2) is 16.8 Å². The first-order chi connectivity index (χ1) is 5.79. The quantitative estimate of drug-likeness (QED) is 0.565. The van der Waals surface area contributed by atoms with Crippen molar-refractivity contribution in [1.29, 1.82) is 0 Å². The average Bonchev–Trinajstić information content (AvgIpc) is 2.12. The highest BCUT2D eigenvalue weighted by Gasteiger charge is 2.22. The molecule has 12 heavy (non-hydrogen) atoms. The molecule has 0 radical (unpaired) electrons. The maximum absolute atomic E-state index is 11.0. The van der Waals surface area contributed by atoms with Gasteiger partial charge in [0.15, 0.2) is 0 Å². The van der Waals surface area contributed by atoms with Crippen molar-refractivity contribution in [1.82, 2.24) is 4.98 Å². The summed E-state index contributed by atoms with van der Waals surface area (Å²) in [6.45, 7) is 0. The van der Waals surface area contributed by atoms with Crippen molar-refractivity contribution in [3.05, 3.63) is 29.6 Å². The number of carbonyl (C=O) groups excluding carboxylic acids is 2. The van der Waals surface area contributed by atoms with Gasteiger partial charge in [0.2, 0.25) is 0 Å². The monoisotopic (exact) mass is 161 g/mol. The van der Waals surface area contributed by atoms with E-state index in [1.807, 2.05) is 0 Å². The summed E-state index contributed by atoms with van der Waals surface area (Å²) in [5, 5.41) is 6.28. The lowest BCUT2D eigenvalue weighted by Gasteiger charge is -2.03. The fraction of sp³-hybridized carbons (Fsp3) is 0. The number of amides is 2. The third kappa shape index (κ3) is 0.833. The molecule has 0 aromatic carbocycles. The predicted octanol–water partition coefficient (Wildman–Crippen LogP) is 0.828. The smallest absolute Gasteiger partial charge is 0.265 e. The molecule has 0 saturated heterocycles. The van der Waals surface area contributed by atoms with Gasteiger partial charge in [0, 0.05) is 6.20 Å². The summed E-state index contributed by atoms with van der Waals surface area (Å²) in [4.78, 5) is 25.7. The molecule has 1 aliphatic rings. The maximum atomic E-state index is 11.0. The van der Waals surface area contributed by atoms with E-state index in [2.05, 4.69) is 15.2 Å². The Kier molecular flexibility index (Phi) is 1.30. The van der Waals surface area contributed by atoms with E-state index in [0.717, 1.165) is 0 Å². The zero-order chi connectivity index (χ0) is 8.55. The van der Waals surface area contributed by atoms with E-state index in [1.165, 1.54) is 12.3 Å². The molecule has 0 saturated carbocycles. The Labute approximate surface area is 67.1 Å². The maximum Gasteiger partial charge on any atom is 0.314 e. The van der Waals surface area contributed by atoms with Crippen LogP contribution >= 0.6 is 0 Å². The number of azo groups is 1. The summed E-state index contributed by atoms with van der Waals surface area (Å²) in [7, 11) is 0. The molecule has 1 aromatic heterocycles. The van der Waals surface area contributed by atoms with Crippen LogP contribution in [-0.2, 0) is 0 Å². The second kappa shape index (κ2) is 2.30. The standard InChI is InChI=1S/C7H3N3O2/c11-6-4-2-1-3-8-5(4)7(12)10-9-6/h1-3H. The topological polar surface area (TPSA) is 71.8 Å². The molecule has 0 fully saturated rings. The fourth-order valence-corrected chi connectivity index (χ4v) is 0.940. The Morgan fingerprint density at radius 1 is 1.08 bits per heavy atom. The first-order valence-electron chi connectivity index (χ1n) is 3.24. The van der Waals surface area contributed by atoms with Crippen molar-refractivity contribution in [2.75, 3.05) is 0 Å². The van der Waals surface area contributed by atoms with Crippen LogP contribution in [0.15, 0.2) is 28.6 Å². The Balaban J connectivity index is 2.69. The van der Waals surface area contributed by atoms with Crippen molar-refractivity contribution in [2.45, 2.75) is 0 Å². The average molecular weight is 161 g/mol. The third-order valence-corrected chi connectivity index (χ3v) is 1.47. The molecule has 2 amide bonds. The minimum Gasteiger partial charge on any atom is -0.265 e. The molecular formula is C7H3N3O2. The molecule has 0 spiro atoms. The third-order valence-electron chi connectivity index (χ3n) is 1.47. The number of aromatic nitrogens is 1. The number of hydrogen-bond donors (Lipinski definition) is 0. The molecule has 1 aliphatic heterocycles. The fourth-order valence-electron chi connectivity index (χ4n) is 0.940. The van der Waals surface area contributed by atoms with Crippen LogP contribution in [0.1, 0.15) is 20.8 Å². The van der Waals surface area contributed by atoms with Gasteiger partial charge in [-0.2, -0.15) is 0 Å². The summed E-state index contributed by atoms with van der Waals surface area (Å²) in [6, 6.07) is 3.08. The van der Waals surface area contributed by atoms with Crippen molar-refractivity contribution >= 4 is 11.8 Å². The van der Waals surface area contributed by atoms with Gasteiger partial charge in [-0.25, -0.2) is 0 Å². The Hall–Kier alpha value is -1.91. The van der Waals surface area contributed by atoms with Gasteiger partial charge >= 0.3 is 5.91 Å². The summed E-state index contributed by atoms with van der Waals surface area (Å²) >= 11 is 0. The van der Waals surface area contributed by atoms with Gasteiger partial charge in [-0.1, -0.05) is 0 Å². The number of rotatable bonds is 0. The zero-order valence-electron chi connectivity index (χ0n) is 5.89. The van der Waals surface area contributed by atoms with Gasteiger partial charge in [0.25, 0.3) is 5.91 Å². The van der Waals surface area contributed by atoms with Crippen LogP contribution in [0.4, 0.5) is 0 Å². The van der Waals surface area contributed by atoms with Crippen LogP contribution in [0.5, 0.6) is 0 Å². The van der Waals surface area contributed by atoms with Gasteiger partial charge in [-0.3, -0.25) is 14.6 Å². The van der Waals surface area contributed by atoms with E-state index in [1.54, 1.807) is 6.07 Å². The second-order valence-corrected chi connectivity index (χ2v) is 2.21. The van der Waals surface area contributed by atoms with Crippen LogP contribution in [0.3, 0.4) is 0 Å². The van der Waals surface area contributed by atoms with E-state index in [-0.39, 0.29) is 11.3 Å². The highest BCUT2D eigenvalue weighted by atomic mass is 16.2. The molecule has 0 unspecified atom stereocenters. The van der Waals surface area contributed by atoms with Gasteiger partial charge in [0.1, 0.15) is 5.69 Å². The molecule has 0 aliphatic carbocycles. The highest BCUT2D eigenvalue weighted by molar-refractivity contribution is 6.09. The summed E-state index contributed by atoms with van der Waals surface area (Å²) < 4.78 is 0. The van der Waals surface area contributed by atoms with Crippen molar-refractivity contribution < 1.29 is 9.59 Å². The molecule has 5 heteroatoms. The Morgan fingerprint density at radius 3 is 2.58 bits per heavy atom. The van der Waals surface area contributed by atoms with Gasteiger partial charge < -0.3 is 0 Å². The van der Waals surface area contributed by atoms with Crippen molar-refractivity contribution in [2.24, 2.45) is 10.2 Å². The molecular weight excluding hydrogens is 158 g/mol. The van der Waals surface area contributed by atoms with Crippen LogP contribution in [0, 0.1) is 0 Å². The number of hydrogen-bond acceptors (Lipinski definition) is 3. The van der Waals surface area contributed by atoms with Crippen molar-refractivity contribution in [3.8, 4) is 0 Å². The van der Waals surface area contributed by atoms with Crippen LogP contribution in [0.25, 0.3) is 0 Å². The number of fused-ring (bicyclic) bond motifs is 1. The van der Waals surface area contributed by atoms with Crippen LogP contribution in [0.2, 0.25) is 0 Å². The molecule has 0 bridgehead atoms. The molecule has 1 aromatic rings. The van der Waals surface area contributed by atoms with E-state index in [0.29, 0.717) is 0 Å². The SMILES string of the molecule is O=C1N=NC(=O)c2ncccc21.